The average Bonchev–Trinajstić information content (AvgIpc) is 3.00. The molecule has 1 saturated carbocycles. The number of aromatic nitrogens is 5. The van der Waals surface area contributed by atoms with E-state index in [4.69, 9.17) is 4.74 Å². The Morgan fingerprint density at radius 3 is 3.00 bits per heavy atom. The van der Waals surface area contributed by atoms with Crippen molar-refractivity contribution in [1.82, 2.24) is 24.4 Å². The number of esters is 1. The molecule has 8 nitrogen and oxygen atoms in total. The third-order valence-electron chi connectivity index (χ3n) is 3.15. The summed E-state index contributed by atoms with van der Waals surface area (Å²) in [5, 5.41) is 7.33. The smallest absolute Gasteiger partial charge is 0.361 e. The molecule has 1 aliphatic rings. The number of nitrogens with zero attached hydrogens (tertiary/aromatic N) is 5. The summed E-state index contributed by atoms with van der Waals surface area (Å²) in [4.78, 5) is 27.5. The minimum Gasteiger partial charge on any atom is -0.460 e. The normalized spacial score (nSPS) is 18.7. The van der Waals surface area contributed by atoms with Crippen molar-refractivity contribution in [3.05, 3.63) is 28.7 Å². The number of rotatable bonds is 2. The minimum atomic E-state index is -0.727. The van der Waals surface area contributed by atoms with Gasteiger partial charge in [-0.1, -0.05) is 5.21 Å². The zero-order valence-electron chi connectivity index (χ0n) is 11.2. The van der Waals surface area contributed by atoms with E-state index in [0.717, 1.165) is 9.08 Å². The topological polar surface area (TPSA) is 91.4 Å². The van der Waals surface area contributed by atoms with Crippen LogP contribution in [0.4, 0.5) is 4.39 Å². The molecule has 2 aromatic heterocycles. The summed E-state index contributed by atoms with van der Waals surface area (Å²) in [6.07, 6.45) is 1.40. The van der Waals surface area contributed by atoms with Gasteiger partial charge in [-0.25, -0.2) is 19.0 Å². The van der Waals surface area contributed by atoms with Crippen molar-refractivity contribution in [2.75, 3.05) is 0 Å². The van der Waals surface area contributed by atoms with Crippen molar-refractivity contribution in [3.8, 4) is 0 Å². The first-order valence-electron chi connectivity index (χ1n) is 6.04. The first kappa shape index (κ1) is 16.2. The van der Waals surface area contributed by atoms with Gasteiger partial charge in [0.05, 0.1) is 6.10 Å². The predicted octanol–water partition coefficient (Wildman–Crippen LogP) is 0.0313. The number of imidazole rings is 1. The molecule has 0 amide bonds. The van der Waals surface area contributed by atoms with Crippen LogP contribution in [0.1, 0.15) is 29.8 Å². The van der Waals surface area contributed by atoms with E-state index in [-0.39, 0.29) is 56.6 Å². The van der Waals surface area contributed by atoms with Gasteiger partial charge in [-0.05, 0) is 6.42 Å². The summed E-state index contributed by atoms with van der Waals surface area (Å²) < 4.78 is 20.2. The Balaban J connectivity index is 0.00000161. The van der Waals surface area contributed by atoms with E-state index < -0.39 is 17.8 Å². The summed E-state index contributed by atoms with van der Waals surface area (Å²) in [6.45, 7) is 0. The van der Waals surface area contributed by atoms with Crippen molar-refractivity contribution < 1.29 is 46.6 Å². The minimum absolute atomic E-state index is 0. The molecule has 21 heavy (non-hydrogen) atoms. The monoisotopic (exact) mass is 369 g/mol. The second-order valence-corrected chi connectivity index (χ2v) is 4.57. The van der Waals surface area contributed by atoms with Crippen LogP contribution in [0, 0.1) is 6.17 Å². The van der Waals surface area contributed by atoms with E-state index in [1.54, 1.807) is 0 Å². The van der Waals surface area contributed by atoms with E-state index in [2.05, 4.69) is 15.3 Å². The van der Waals surface area contributed by atoms with Gasteiger partial charge >= 0.3 is 11.7 Å². The fourth-order valence-corrected chi connectivity index (χ4v) is 2.10. The number of hydrogen-bond acceptors (Lipinski definition) is 6. The van der Waals surface area contributed by atoms with Crippen LogP contribution in [-0.2, 0) is 44.5 Å². The van der Waals surface area contributed by atoms with Crippen molar-refractivity contribution in [2.24, 2.45) is 7.05 Å². The Morgan fingerprint density at radius 2 is 2.33 bits per heavy atom. The number of carbonyl (C=O) groups excluding carboxylic acids is 1. The van der Waals surface area contributed by atoms with Crippen molar-refractivity contribution in [3.63, 3.8) is 0 Å². The molecule has 1 fully saturated rings. The Morgan fingerprint density at radius 1 is 1.57 bits per heavy atom. The second kappa shape index (κ2) is 6.27. The van der Waals surface area contributed by atoms with E-state index in [1.807, 2.05) is 0 Å². The maximum atomic E-state index is 13.0. The predicted molar refractivity (Wildman–Crippen MR) is 63.4 cm³/mol. The summed E-state index contributed by atoms with van der Waals surface area (Å²) in [5.41, 5.74) is -0.537. The van der Waals surface area contributed by atoms with Crippen LogP contribution in [0.5, 0.6) is 0 Å². The van der Waals surface area contributed by atoms with Gasteiger partial charge < -0.3 is 9.13 Å². The van der Waals surface area contributed by atoms with E-state index in [1.165, 1.54) is 13.4 Å². The van der Waals surface area contributed by atoms with Gasteiger partial charge in [0.2, 0.25) is 0 Å². The fourth-order valence-electron chi connectivity index (χ4n) is 2.10. The number of fused-ring (bicyclic) bond motifs is 1. The number of aryl methyl sites for hydroxylation is 1. The summed E-state index contributed by atoms with van der Waals surface area (Å²) in [6, 6.07) is 0. The maximum Gasteiger partial charge on any atom is 0.361 e. The van der Waals surface area contributed by atoms with Gasteiger partial charge in [0.25, 0.3) is 0 Å². The molecule has 1 radical (unpaired) electrons. The van der Waals surface area contributed by atoms with Gasteiger partial charge in [-0.2, -0.15) is 10.9 Å². The van der Waals surface area contributed by atoms with Gasteiger partial charge in [0.15, 0.2) is 11.3 Å². The Hall–Kier alpha value is -1.22. The van der Waals surface area contributed by atoms with Crippen LogP contribution in [0.2, 0.25) is 0 Å². The molecule has 0 spiro atoms. The Bertz CT molecular complexity index is 730. The molecular formula is C11H11FN5O3Y-. The zero-order chi connectivity index (χ0) is 14.3. The molecule has 0 N–H and O–H groups in total. The molecule has 1 atom stereocenters. The quantitative estimate of drug-likeness (QED) is 0.548. The molecule has 0 aromatic carbocycles. The Labute approximate surface area is 143 Å². The summed E-state index contributed by atoms with van der Waals surface area (Å²) in [7, 11) is 1.43. The molecule has 109 valence electrons. The fraction of sp³-hybridized carbons (Fsp3) is 0.455. The largest absolute Gasteiger partial charge is 0.460 e. The van der Waals surface area contributed by atoms with Crippen LogP contribution in [0.15, 0.2) is 11.1 Å². The number of carbonyl (C=O) groups is 1. The van der Waals surface area contributed by atoms with Crippen LogP contribution >= 0.6 is 0 Å². The standard InChI is InChI=1S/C11H11FN5O3.Y/c1-16-11(19)17-5-13-8(9(17)14-15-16)10(18)20-7-3-2-6(12)4-7;/h5,7H,2-4H2,1H3;/q-1;. The third kappa shape index (κ3) is 3.03. The molecule has 0 aliphatic heterocycles. The molecule has 3 rings (SSSR count). The summed E-state index contributed by atoms with van der Waals surface area (Å²) >= 11 is 0. The van der Waals surface area contributed by atoms with Crippen molar-refractivity contribution >= 4 is 11.6 Å². The molecular weight excluding hydrogens is 358 g/mol. The molecule has 2 heterocycles. The number of ether oxygens (including phenoxy) is 1. The molecule has 0 bridgehead atoms. The average molecular weight is 369 g/mol. The van der Waals surface area contributed by atoms with E-state index in [9.17, 15) is 14.0 Å². The molecule has 2 aromatic rings. The van der Waals surface area contributed by atoms with Crippen LogP contribution < -0.4 is 5.69 Å². The molecule has 1 aliphatic carbocycles. The second-order valence-electron chi connectivity index (χ2n) is 4.57. The van der Waals surface area contributed by atoms with E-state index >= 15 is 0 Å². The van der Waals surface area contributed by atoms with Gasteiger partial charge in [-0.15, -0.1) is 17.9 Å². The van der Waals surface area contributed by atoms with Gasteiger partial charge in [-0.3, -0.25) is 0 Å². The Kier molecular flexibility index (Phi) is 4.82. The molecule has 10 heteroatoms. The van der Waals surface area contributed by atoms with Gasteiger partial charge in [0, 0.05) is 39.8 Å². The first-order valence-corrected chi connectivity index (χ1v) is 6.04. The molecule has 0 saturated heterocycles. The zero-order valence-corrected chi connectivity index (χ0v) is 14.0. The third-order valence-corrected chi connectivity index (χ3v) is 3.15. The van der Waals surface area contributed by atoms with Crippen LogP contribution in [0.25, 0.3) is 5.65 Å². The van der Waals surface area contributed by atoms with Gasteiger partial charge in [0.1, 0.15) is 6.33 Å². The SMILES string of the molecule is Cn1nnc2c(C(=O)OC3CC[C-](F)C3)ncn2c1=O.[Y]. The number of halogens is 1. The van der Waals surface area contributed by atoms with Crippen molar-refractivity contribution in [2.45, 2.75) is 25.4 Å². The summed E-state index contributed by atoms with van der Waals surface area (Å²) in [5.74, 6) is -0.727. The molecule has 1 unspecified atom stereocenters. The first-order chi connectivity index (χ1) is 9.56. The van der Waals surface area contributed by atoms with E-state index in [0.29, 0.717) is 12.8 Å². The number of hydrogen-bond donors (Lipinski definition) is 0. The van der Waals surface area contributed by atoms with Crippen molar-refractivity contribution in [1.29, 1.82) is 0 Å². The maximum absolute atomic E-state index is 13.0. The van der Waals surface area contributed by atoms with Crippen LogP contribution in [0.3, 0.4) is 0 Å². The van der Waals surface area contributed by atoms with Crippen LogP contribution in [-0.4, -0.2) is 36.5 Å².